The first-order valence-corrected chi connectivity index (χ1v) is 11.3. The number of allylic oxidation sites excluding steroid dienone is 4. The molecule has 2 aliphatic rings. The van der Waals surface area contributed by atoms with Crippen LogP contribution in [0, 0.1) is 0 Å². The van der Waals surface area contributed by atoms with E-state index in [0.29, 0.717) is 9.50 Å². The van der Waals surface area contributed by atoms with E-state index in [1.54, 1.807) is 37.0 Å². The second-order valence-corrected chi connectivity index (χ2v) is 8.85. The zero-order valence-corrected chi connectivity index (χ0v) is 19.9. The summed E-state index contributed by atoms with van der Waals surface area (Å²) in [5, 5.41) is 11.0. The summed E-state index contributed by atoms with van der Waals surface area (Å²) in [7, 11) is 0. The van der Waals surface area contributed by atoms with E-state index in [-0.39, 0.29) is 35.7 Å². The van der Waals surface area contributed by atoms with Gasteiger partial charge in [-0.3, -0.25) is 4.79 Å². The van der Waals surface area contributed by atoms with Crippen molar-refractivity contribution in [1.82, 2.24) is 4.90 Å². The highest BCUT2D eigenvalue weighted by Crippen LogP contribution is 2.47. The Kier molecular flexibility index (Phi) is 6.96. The predicted molar refractivity (Wildman–Crippen MR) is 120 cm³/mol. The van der Waals surface area contributed by atoms with Gasteiger partial charge in [-0.2, -0.15) is 0 Å². The van der Waals surface area contributed by atoms with Crippen LogP contribution in [0.5, 0.6) is 5.75 Å². The Morgan fingerprint density at radius 1 is 1.16 bits per heavy atom. The first kappa shape index (κ1) is 23.1. The lowest BCUT2D eigenvalue weighted by atomic mass is 9.90. The van der Waals surface area contributed by atoms with E-state index >= 15 is 0 Å². The molecule has 31 heavy (non-hydrogen) atoms. The number of ketones is 1. The Hall–Kier alpha value is -2.52. The number of phenolic OH excluding ortho intramolecular Hbond substituents is 1. The van der Waals surface area contributed by atoms with Gasteiger partial charge in [-0.15, -0.1) is 0 Å². The maximum atomic E-state index is 13.5. The Morgan fingerprint density at radius 3 is 2.48 bits per heavy atom. The van der Waals surface area contributed by atoms with Crippen molar-refractivity contribution in [3.63, 3.8) is 0 Å². The third kappa shape index (κ3) is 4.16. The molecule has 0 spiro atoms. The van der Waals surface area contributed by atoms with E-state index in [0.717, 1.165) is 10.6 Å². The first-order chi connectivity index (χ1) is 14.7. The number of esters is 2. The van der Waals surface area contributed by atoms with Gasteiger partial charge in [0.2, 0.25) is 0 Å². The molecule has 0 radical (unpaired) electrons. The maximum absolute atomic E-state index is 13.5. The first-order valence-electron chi connectivity index (χ1n) is 9.69. The molecule has 3 rings (SSSR count). The minimum atomic E-state index is -1.17. The molecular formula is C22H22BrNO6S. The van der Waals surface area contributed by atoms with Gasteiger partial charge in [-0.05, 0) is 61.8 Å². The molecule has 1 N–H and O–H groups in total. The van der Waals surface area contributed by atoms with Gasteiger partial charge in [0.1, 0.15) is 5.75 Å². The average Bonchev–Trinajstić information content (AvgIpc) is 3.02. The molecule has 1 aromatic rings. The molecule has 0 aromatic heterocycles. The number of phenols is 1. The lowest BCUT2D eigenvalue weighted by Gasteiger charge is -2.34. The number of ether oxygens (including phenoxy) is 2. The van der Waals surface area contributed by atoms with Gasteiger partial charge < -0.3 is 19.5 Å². The van der Waals surface area contributed by atoms with E-state index in [1.165, 1.54) is 17.8 Å². The van der Waals surface area contributed by atoms with Crippen molar-refractivity contribution >= 4 is 45.4 Å². The lowest BCUT2D eigenvalue weighted by molar-refractivity contribution is -0.150. The van der Waals surface area contributed by atoms with Crippen molar-refractivity contribution in [2.45, 2.75) is 33.7 Å². The Morgan fingerprint density at radius 2 is 1.84 bits per heavy atom. The number of carbonyl (C=O) groups is 3. The quantitative estimate of drug-likeness (QED) is 0.450. The number of carbonyl (C=O) groups excluding carboxylic acids is 3. The third-order valence-corrected chi connectivity index (χ3v) is 6.70. The summed E-state index contributed by atoms with van der Waals surface area (Å²) in [6.45, 7) is 7.23. The van der Waals surface area contributed by atoms with Crippen LogP contribution in [0.2, 0.25) is 0 Å². The summed E-state index contributed by atoms with van der Waals surface area (Å²) in [4.78, 5) is 42.1. The molecule has 164 valence electrons. The number of benzene rings is 1. The molecule has 0 amide bonds. The molecule has 0 saturated heterocycles. The molecular weight excluding hydrogens is 486 g/mol. The molecule has 0 bridgehead atoms. The Balaban J connectivity index is 2.26. The van der Waals surface area contributed by atoms with Crippen LogP contribution in [-0.2, 0) is 19.1 Å². The van der Waals surface area contributed by atoms with E-state index in [2.05, 4.69) is 15.9 Å². The molecule has 1 unspecified atom stereocenters. The van der Waals surface area contributed by atoms with Crippen molar-refractivity contribution < 1.29 is 29.0 Å². The van der Waals surface area contributed by atoms with Crippen molar-refractivity contribution in [2.75, 3.05) is 13.2 Å². The lowest BCUT2D eigenvalue weighted by Crippen LogP contribution is -2.45. The highest BCUT2D eigenvalue weighted by atomic mass is 79.9. The molecule has 1 atom stereocenters. The number of nitrogens with zero attached hydrogens (tertiary/aromatic N) is 1. The Bertz CT molecular complexity index is 1060. The van der Waals surface area contributed by atoms with Crippen LogP contribution < -0.4 is 0 Å². The molecule has 2 aliphatic heterocycles. The highest BCUT2D eigenvalue weighted by molar-refractivity contribution is 9.10. The van der Waals surface area contributed by atoms with Crippen molar-refractivity contribution in [1.29, 1.82) is 0 Å². The van der Waals surface area contributed by atoms with E-state index < -0.39 is 23.8 Å². The van der Waals surface area contributed by atoms with Crippen LogP contribution in [0.25, 0.3) is 0 Å². The SMILES string of the molecule is CCOC(=O)C1=C(C(=O)c2cccc(Br)c2O)C=C2SC(C)=C(C)N2C1C(=O)OCC. The molecule has 1 aromatic carbocycles. The largest absolute Gasteiger partial charge is 0.506 e. The number of hydrogen-bond acceptors (Lipinski definition) is 8. The predicted octanol–water partition coefficient (Wildman–Crippen LogP) is 4.28. The van der Waals surface area contributed by atoms with Gasteiger partial charge in [-0.25, -0.2) is 9.59 Å². The zero-order valence-electron chi connectivity index (χ0n) is 17.5. The van der Waals surface area contributed by atoms with Crippen LogP contribution in [0.3, 0.4) is 0 Å². The van der Waals surface area contributed by atoms with Gasteiger partial charge in [0.05, 0.1) is 33.9 Å². The maximum Gasteiger partial charge on any atom is 0.337 e. The molecule has 9 heteroatoms. The summed E-state index contributed by atoms with van der Waals surface area (Å²) in [5.74, 6) is -2.28. The topological polar surface area (TPSA) is 93.1 Å². The van der Waals surface area contributed by atoms with E-state index in [4.69, 9.17) is 9.47 Å². The van der Waals surface area contributed by atoms with Crippen LogP contribution in [0.1, 0.15) is 38.1 Å². The number of thioether (sulfide) groups is 1. The number of rotatable bonds is 6. The van der Waals surface area contributed by atoms with Crippen molar-refractivity contribution in [3.8, 4) is 5.75 Å². The fraction of sp³-hybridized carbons (Fsp3) is 0.318. The van der Waals surface area contributed by atoms with Gasteiger partial charge in [0.25, 0.3) is 0 Å². The number of fused-ring (bicyclic) bond motifs is 1. The minimum Gasteiger partial charge on any atom is -0.506 e. The molecule has 0 saturated carbocycles. The van der Waals surface area contributed by atoms with Crippen molar-refractivity contribution in [3.05, 3.63) is 61.1 Å². The van der Waals surface area contributed by atoms with Crippen LogP contribution in [-0.4, -0.2) is 47.0 Å². The number of Topliss-reactive ketones (excluding diaryl/α,β-unsaturated/α-hetero) is 1. The second kappa shape index (κ2) is 9.32. The van der Waals surface area contributed by atoms with Gasteiger partial charge >= 0.3 is 11.9 Å². The number of aromatic hydroxyl groups is 1. The third-order valence-electron chi connectivity index (χ3n) is 4.94. The van der Waals surface area contributed by atoms with Crippen LogP contribution in [0.4, 0.5) is 0 Å². The fourth-order valence-corrected chi connectivity index (χ4v) is 4.86. The zero-order chi connectivity index (χ0) is 22.9. The van der Waals surface area contributed by atoms with Crippen LogP contribution in [0.15, 0.2) is 55.5 Å². The number of para-hydroxylation sites is 1. The van der Waals surface area contributed by atoms with Gasteiger partial charge in [-0.1, -0.05) is 17.8 Å². The fourth-order valence-electron chi connectivity index (χ4n) is 3.42. The minimum absolute atomic E-state index is 0.00322. The Labute approximate surface area is 192 Å². The summed E-state index contributed by atoms with van der Waals surface area (Å²) in [6, 6.07) is 3.49. The van der Waals surface area contributed by atoms with Crippen LogP contribution >= 0.6 is 27.7 Å². The standard InChI is InChI=1S/C22H22BrNO6S/c1-5-29-21(27)17-14(19(25)13-8-7-9-15(23)20(13)26)10-16-24(11(3)12(4)31-16)18(17)22(28)30-6-2/h7-10,18,26H,5-6H2,1-4H3. The second-order valence-electron chi connectivity index (χ2n) is 6.76. The normalized spacial score (nSPS) is 18.0. The van der Waals surface area contributed by atoms with Crippen molar-refractivity contribution in [2.24, 2.45) is 0 Å². The van der Waals surface area contributed by atoms with E-state index in [9.17, 15) is 19.5 Å². The monoisotopic (exact) mass is 507 g/mol. The summed E-state index contributed by atoms with van der Waals surface area (Å²) in [5.41, 5.74) is 0.672. The average molecular weight is 508 g/mol. The molecule has 0 fully saturated rings. The van der Waals surface area contributed by atoms with Gasteiger partial charge in [0.15, 0.2) is 11.8 Å². The smallest absolute Gasteiger partial charge is 0.337 e. The summed E-state index contributed by atoms with van der Waals surface area (Å²) in [6.07, 6.45) is 1.56. The van der Waals surface area contributed by atoms with Gasteiger partial charge in [0, 0.05) is 16.2 Å². The molecule has 2 heterocycles. The summed E-state index contributed by atoms with van der Waals surface area (Å²) >= 11 is 4.60. The number of hydrogen-bond donors (Lipinski definition) is 1. The molecule has 7 nitrogen and oxygen atoms in total. The highest BCUT2D eigenvalue weighted by Gasteiger charge is 2.46. The number of halogens is 1. The molecule has 0 aliphatic carbocycles. The summed E-state index contributed by atoms with van der Waals surface area (Å²) < 4.78 is 10.8. The van der Waals surface area contributed by atoms with E-state index in [1.807, 2.05) is 13.8 Å².